The zero-order valence-corrected chi connectivity index (χ0v) is 13.9. The zero-order chi connectivity index (χ0) is 15.5. The Hall–Kier alpha value is -1.54. The molecule has 1 unspecified atom stereocenters. The molecule has 0 aliphatic rings. The number of fused-ring (bicyclic) bond motifs is 1. The minimum Gasteiger partial charge on any atom is -0.497 e. The third-order valence-electron chi connectivity index (χ3n) is 3.87. The minimum atomic E-state index is 0.190. The first kappa shape index (κ1) is 15.8. The third-order valence-corrected chi connectivity index (χ3v) is 3.87. The van der Waals surface area contributed by atoms with Gasteiger partial charge in [0.1, 0.15) is 5.75 Å². The van der Waals surface area contributed by atoms with Gasteiger partial charge in [0.25, 0.3) is 0 Å². The van der Waals surface area contributed by atoms with Crippen LogP contribution in [0.5, 0.6) is 5.75 Å². The first-order valence-corrected chi connectivity index (χ1v) is 7.77. The fraction of sp³-hybridized carbons (Fsp3) is 0.474. The molecular formula is C19H27NO. The lowest BCUT2D eigenvalue weighted by Gasteiger charge is -2.32. The van der Waals surface area contributed by atoms with Crippen molar-refractivity contribution < 1.29 is 4.74 Å². The van der Waals surface area contributed by atoms with Crippen LogP contribution in [0.25, 0.3) is 10.8 Å². The summed E-state index contributed by atoms with van der Waals surface area (Å²) in [4.78, 5) is 0. The molecule has 0 aromatic heterocycles. The van der Waals surface area contributed by atoms with Gasteiger partial charge >= 0.3 is 0 Å². The summed E-state index contributed by atoms with van der Waals surface area (Å²) in [5.74, 6) is 0.909. The van der Waals surface area contributed by atoms with Gasteiger partial charge in [-0.3, -0.25) is 0 Å². The number of ether oxygens (including phenoxy) is 1. The normalized spacial score (nSPS) is 13.4. The summed E-state index contributed by atoms with van der Waals surface area (Å²) >= 11 is 0. The molecule has 0 saturated carbocycles. The lowest BCUT2D eigenvalue weighted by molar-refractivity contribution is 0.273. The molecule has 1 atom stereocenters. The Kier molecular flexibility index (Phi) is 4.89. The number of rotatable bonds is 5. The fourth-order valence-electron chi connectivity index (χ4n) is 2.76. The second kappa shape index (κ2) is 6.48. The molecule has 0 amide bonds. The van der Waals surface area contributed by atoms with E-state index < -0.39 is 0 Å². The maximum Gasteiger partial charge on any atom is 0.119 e. The quantitative estimate of drug-likeness (QED) is 0.840. The van der Waals surface area contributed by atoms with Crippen LogP contribution < -0.4 is 10.1 Å². The van der Waals surface area contributed by atoms with Crippen molar-refractivity contribution in [3.8, 4) is 5.75 Å². The molecule has 1 N–H and O–H groups in total. The first-order chi connectivity index (χ1) is 9.95. The topological polar surface area (TPSA) is 21.3 Å². The molecule has 0 aliphatic heterocycles. The molecule has 2 nitrogen and oxygen atoms in total. The van der Waals surface area contributed by atoms with E-state index in [1.54, 1.807) is 7.11 Å². The Labute approximate surface area is 128 Å². The highest BCUT2D eigenvalue weighted by molar-refractivity contribution is 5.84. The van der Waals surface area contributed by atoms with Gasteiger partial charge in [-0.05, 0) is 52.9 Å². The standard InChI is InChI=1S/C19H27NO/c1-6-11-20-18(19(2,3)4)16-8-7-15-13-17(21-5)10-9-14(15)12-16/h7-10,12-13,18,20H,6,11H2,1-5H3. The van der Waals surface area contributed by atoms with Crippen LogP contribution in [0.15, 0.2) is 36.4 Å². The van der Waals surface area contributed by atoms with Gasteiger partial charge < -0.3 is 10.1 Å². The van der Waals surface area contributed by atoms with Crippen LogP contribution >= 0.6 is 0 Å². The van der Waals surface area contributed by atoms with Crippen LogP contribution in [-0.2, 0) is 0 Å². The van der Waals surface area contributed by atoms with Crippen LogP contribution in [0.4, 0.5) is 0 Å². The maximum absolute atomic E-state index is 5.30. The molecule has 114 valence electrons. The van der Waals surface area contributed by atoms with Crippen molar-refractivity contribution in [2.75, 3.05) is 13.7 Å². The van der Waals surface area contributed by atoms with E-state index in [1.165, 1.54) is 16.3 Å². The molecule has 0 aliphatic carbocycles. The van der Waals surface area contributed by atoms with E-state index in [1.807, 2.05) is 6.07 Å². The Morgan fingerprint density at radius 3 is 2.33 bits per heavy atom. The highest BCUT2D eigenvalue weighted by Gasteiger charge is 2.25. The van der Waals surface area contributed by atoms with Crippen LogP contribution in [0, 0.1) is 5.41 Å². The van der Waals surface area contributed by atoms with Crippen LogP contribution in [0.3, 0.4) is 0 Å². The highest BCUT2D eigenvalue weighted by Crippen LogP contribution is 2.34. The Balaban J connectivity index is 2.39. The summed E-state index contributed by atoms with van der Waals surface area (Å²) in [6.45, 7) is 10.1. The van der Waals surface area contributed by atoms with Gasteiger partial charge in [-0.1, -0.05) is 45.9 Å². The Morgan fingerprint density at radius 2 is 1.71 bits per heavy atom. The van der Waals surface area contributed by atoms with Gasteiger partial charge in [0.2, 0.25) is 0 Å². The van der Waals surface area contributed by atoms with Gasteiger partial charge in [-0.15, -0.1) is 0 Å². The molecule has 0 spiro atoms. The molecule has 21 heavy (non-hydrogen) atoms. The molecule has 2 aromatic rings. The predicted molar refractivity (Wildman–Crippen MR) is 91.0 cm³/mol. The SMILES string of the molecule is CCCNC(c1ccc2cc(OC)ccc2c1)C(C)(C)C. The minimum absolute atomic E-state index is 0.190. The van der Waals surface area contributed by atoms with Crippen molar-refractivity contribution in [1.82, 2.24) is 5.32 Å². The van der Waals surface area contributed by atoms with E-state index in [4.69, 9.17) is 4.74 Å². The van der Waals surface area contributed by atoms with Gasteiger partial charge in [0.15, 0.2) is 0 Å². The lowest BCUT2D eigenvalue weighted by Crippen LogP contribution is -2.32. The van der Waals surface area contributed by atoms with Crippen molar-refractivity contribution >= 4 is 10.8 Å². The van der Waals surface area contributed by atoms with Crippen LogP contribution in [0.2, 0.25) is 0 Å². The summed E-state index contributed by atoms with van der Waals surface area (Å²) in [7, 11) is 1.71. The molecule has 0 fully saturated rings. The molecule has 2 heteroatoms. The largest absolute Gasteiger partial charge is 0.497 e. The van der Waals surface area contributed by atoms with E-state index in [0.29, 0.717) is 6.04 Å². The molecule has 0 heterocycles. The van der Waals surface area contributed by atoms with Crippen LogP contribution in [-0.4, -0.2) is 13.7 Å². The lowest BCUT2D eigenvalue weighted by atomic mass is 9.81. The molecular weight excluding hydrogens is 258 g/mol. The predicted octanol–water partition coefficient (Wildman–Crippen LogP) is 4.94. The van der Waals surface area contributed by atoms with Gasteiger partial charge in [0.05, 0.1) is 7.11 Å². The van der Waals surface area contributed by atoms with Crippen LogP contribution in [0.1, 0.15) is 45.7 Å². The summed E-state index contributed by atoms with van der Waals surface area (Å²) in [6.07, 6.45) is 1.15. The van der Waals surface area contributed by atoms with Crippen molar-refractivity contribution in [1.29, 1.82) is 0 Å². The first-order valence-electron chi connectivity index (χ1n) is 7.77. The third kappa shape index (κ3) is 3.76. The number of hydrogen-bond acceptors (Lipinski definition) is 2. The smallest absolute Gasteiger partial charge is 0.119 e. The second-order valence-electron chi connectivity index (χ2n) is 6.73. The van der Waals surface area contributed by atoms with E-state index >= 15 is 0 Å². The summed E-state index contributed by atoms with van der Waals surface area (Å²) in [5.41, 5.74) is 1.54. The van der Waals surface area contributed by atoms with E-state index in [2.05, 4.69) is 63.3 Å². The van der Waals surface area contributed by atoms with Gasteiger partial charge in [-0.25, -0.2) is 0 Å². The van der Waals surface area contributed by atoms with E-state index in [0.717, 1.165) is 18.7 Å². The fourth-order valence-corrected chi connectivity index (χ4v) is 2.76. The average molecular weight is 285 g/mol. The zero-order valence-electron chi connectivity index (χ0n) is 13.9. The Morgan fingerprint density at radius 1 is 1.05 bits per heavy atom. The maximum atomic E-state index is 5.30. The number of nitrogens with one attached hydrogen (secondary N) is 1. The van der Waals surface area contributed by atoms with Crippen molar-refractivity contribution in [2.24, 2.45) is 5.41 Å². The second-order valence-corrected chi connectivity index (χ2v) is 6.73. The molecule has 2 aromatic carbocycles. The summed E-state index contributed by atoms with van der Waals surface area (Å²) in [5, 5.41) is 6.18. The van der Waals surface area contributed by atoms with E-state index in [9.17, 15) is 0 Å². The summed E-state index contributed by atoms with van der Waals surface area (Å²) < 4.78 is 5.30. The molecule has 0 saturated heterocycles. The van der Waals surface area contributed by atoms with Gasteiger partial charge in [-0.2, -0.15) is 0 Å². The number of hydrogen-bond donors (Lipinski definition) is 1. The highest BCUT2D eigenvalue weighted by atomic mass is 16.5. The molecule has 0 radical (unpaired) electrons. The number of methoxy groups -OCH3 is 1. The number of benzene rings is 2. The van der Waals surface area contributed by atoms with E-state index in [-0.39, 0.29) is 5.41 Å². The van der Waals surface area contributed by atoms with Crippen molar-refractivity contribution in [3.63, 3.8) is 0 Å². The van der Waals surface area contributed by atoms with Crippen molar-refractivity contribution in [3.05, 3.63) is 42.0 Å². The average Bonchev–Trinajstić information content (AvgIpc) is 2.45. The monoisotopic (exact) mass is 285 g/mol. The van der Waals surface area contributed by atoms with Gasteiger partial charge in [0, 0.05) is 6.04 Å². The Bertz CT molecular complexity index is 598. The molecule has 0 bridgehead atoms. The summed E-state index contributed by atoms with van der Waals surface area (Å²) in [6, 6.07) is 13.3. The molecule has 2 rings (SSSR count). The van der Waals surface area contributed by atoms with Crippen molar-refractivity contribution in [2.45, 2.75) is 40.2 Å².